The van der Waals surface area contributed by atoms with Crippen molar-refractivity contribution < 1.29 is 27.4 Å². The third kappa shape index (κ3) is 4.72. The molecule has 0 saturated carbocycles. The summed E-state index contributed by atoms with van der Waals surface area (Å²) in [5, 5.41) is 2.75. The number of benzene rings is 3. The van der Waals surface area contributed by atoms with Gasteiger partial charge < -0.3 is 19.5 Å². The summed E-state index contributed by atoms with van der Waals surface area (Å²) in [4.78, 5) is 12.5. The van der Waals surface area contributed by atoms with Crippen LogP contribution in [0.4, 0.5) is 11.4 Å². The topological polar surface area (TPSA) is 103 Å². The van der Waals surface area contributed by atoms with Crippen molar-refractivity contribution in [2.75, 3.05) is 23.4 Å². The number of sulfonamides is 1. The van der Waals surface area contributed by atoms with E-state index in [0.29, 0.717) is 40.8 Å². The van der Waals surface area contributed by atoms with Crippen molar-refractivity contribution >= 4 is 27.3 Å². The van der Waals surface area contributed by atoms with Crippen LogP contribution in [0.1, 0.15) is 17.3 Å². The molecule has 1 amide bonds. The SMILES string of the molecule is CCOc1ccc(NS(=O)(=O)c2ccc(C(=O)Nc3ccc4c(c3)OCO4)cc2)cc1. The second kappa shape index (κ2) is 8.57. The highest BCUT2D eigenvalue weighted by molar-refractivity contribution is 7.92. The fraction of sp³-hybridized carbons (Fsp3) is 0.136. The van der Waals surface area contributed by atoms with Crippen LogP contribution in [-0.2, 0) is 10.0 Å². The molecule has 3 aromatic carbocycles. The number of hydrogen-bond donors (Lipinski definition) is 2. The molecule has 31 heavy (non-hydrogen) atoms. The monoisotopic (exact) mass is 440 g/mol. The summed E-state index contributed by atoms with van der Waals surface area (Å²) in [5.74, 6) is 1.46. The average Bonchev–Trinajstić information content (AvgIpc) is 3.23. The minimum Gasteiger partial charge on any atom is -0.494 e. The number of nitrogens with one attached hydrogen (secondary N) is 2. The lowest BCUT2D eigenvalue weighted by atomic mass is 10.2. The number of fused-ring (bicyclic) bond motifs is 1. The van der Waals surface area contributed by atoms with Crippen LogP contribution in [0.5, 0.6) is 17.2 Å². The number of rotatable bonds is 7. The van der Waals surface area contributed by atoms with Gasteiger partial charge in [0.2, 0.25) is 6.79 Å². The summed E-state index contributed by atoms with van der Waals surface area (Å²) < 4.78 is 43.6. The summed E-state index contributed by atoms with van der Waals surface area (Å²) in [7, 11) is -3.80. The van der Waals surface area contributed by atoms with E-state index in [1.54, 1.807) is 42.5 Å². The molecule has 0 bridgehead atoms. The van der Waals surface area contributed by atoms with Crippen LogP contribution < -0.4 is 24.2 Å². The Hall–Kier alpha value is -3.72. The average molecular weight is 440 g/mol. The Morgan fingerprint density at radius 1 is 0.935 bits per heavy atom. The largest absolute Gasteiger partial charge is 0.494 e. The zero-order chi connectivity index (χ0) is 21.8. The first-order valence-electron chi connectivity index (χ1n) is 9.51. The summed E-state index contributed by atoms with van der Waals surface area (Å²) in [6.07, 6.45) is 0. The van der Waals surface area contributed by atoms with Crippen molar-refractivity contribution in [1.82, 2.24) is 0 Å². The maximum Gasteiger partial charge on any atom is 0.261 e. The number of ether oxygens (including phenoxy) is 3. The molecule has 0 aromatic heterocycles. The minimum atomic E-state index is -3.80. The predicted octanol–water partition coefficient (Wildman–Crippen LogP) is 3.87. The van der Waals surface area contributed by atoms with Crippen molar-refractivity contribution in [3.05, 3.63) is 72.3 Å². The molecule has 160 valence electrons. The van der Waals surface area contributed by atoms with Crippen molar-refractivity contribution in [2.45, 2.75) is 11.8 Å². The van der Waals surface area contributed by atoms with Crippen molar-refractivity contribution in [3.8, 4) is 17.2 Å². The molecule has 1 aliphatic rings. The van der Waals surface area contributed by atoms with E-state index < -0.39 is 10.0 Å². The Labute approximate surface area is 179 Å². The Balaban J connectivity index is 1.43. The van der Waals surface area contributed by atoms with Crippen LogP contribution in [0.2, 0.25) is 0 Å². The van der Waals surface area contributed by atoms with Crippen LogP contribution in [0.3, 0.4) is 0 Å². The van der Waals surface area contributed by atoms with Gasteiger partial charge in [0.1, 0.15) is 5.75 Å². The Kier molecular flexibility index (Phi) is 5.68. The lowest BCUT2D eigenvalue weighted by Crippen LogP contribution is -2.14. The maximum absolute atomic E-state index is 12.6. The van der Waals surface area contributed by atoms with Gasteiger partial charge in [-0.3, -0.25) is 9.52 Å². The quantitative estimate of drug-likeness (QED) is 0.578. The molecular formula is C22H20N2O6S. The first kappa shape index (κ1) is 20.5. The highest BCUT2D eigenvalue weighted by Gasteiger charge is 2.17. The van der Waals surface area contributed by atoms with Crippen LogP contribution >= 0.6 is 0 Å². The Bertz CT molecular complexity index is 1190. The molecule has 0 unspecified atom stereocenters. The molecular weight excluding hydrogens is 420 g/mol. The van der Waals surface area contributed by atoms with Crippen molar-refractivity contribution in [3.63, 3.8) is 0 Å². The van der Waals surface area contributed by atoms with E-state index >= 15 is 0 Å². The van der Waals surface area contributed by atoms with E-state index in [2.05, 4.69) is 10.0 Å². The van der Waals surface area contributed by atoms with E-state index in [1.807, 2.05) is 6.92 Å². The van der Waals surface area contributed by atoms with Gasteiger partial charge in [-0.15, -0.1) is 0 Å². The Morgan fingerprint density at radius 3 is 2.32 bits per heavy atom. The van der Waals surface area contributed by atoms with Gasteiger partial charge in [-0.2, -0.15) is 0 Å². The molecule has 0 atom stereocenters. The van der Waals surface area contributed by atoms with Gasteiger partial charge in [-0.05, 0) is 67.6 Å². The highest BCUT2D eigenvalue weighted by Crippen LogP contribution is 2.34. The van der Waals surface area contributed by atoms with E-state index in [0.717, 1.165) is 0 Å². The summed E-state index contributed by atoms with van der Waals surface area (Å²) in [5.41, 5.74) is 1.27. The summed E-state index contributed by atoms with van der Waals surface area (Å²) in [6, 6.07) is 17.4. The molecule has 1 aliphatic heterocycles. The van der Waals surface area contributed by atoms with Gasteiger partial charge in [0.05, 0.1) is 11.5 Å². The van der Waals surface area contributed by atoms with Gasteiger partial charge in [0, 0.05) is 23.0 Å². The molecule has 0 aliphatic carbocycles. The van der Waals surface area contributed by atoms with Crippen molar-refractivity contribution in [2.24, 2.45) is 0 Å². The first-order chi connectivity index (χ1) is 14.9. The molecule has 0 radical (unpaired) electrons. The maximum atomic E-state index is 12.6. The molecule has 0 spiro atoms. The molecule has 9 heteroatoms. The van der Waals surface area contributed by atoms with Crippen LogP contribution in [0, 0.1) is 0 Å². The zero-order valence-corrected chi connectivity index (χ0v) is 17.4. The standard InChI is InChI=1S/C22H20N2O6S/c1-2-28-18-8-5-16(6-9-18)24-31(26,27)19-10-3-15(4-11-19)22(25)23-17-7-12-20-21(13-17)30-14-29-20/h3-13,24H,2,14H2,1H3,(H,23,25). The molecule has 0 saturated heterocycles. The van der Waals surface area contributed by atoms with Crippen LogP contribution in [0.25, 0.3) is 0 Å². The van der Waals surface area contributed by atoms with Gasteiger partial charge >= 0.3 is 0 Å². The predicted molar refractivity (Wildman–Crippen MR) is 115 cm³/mol. The van der Waals surface area contributed by atoms with E-state index in [-0.39, 0.29) is 17.6 Å². The fourth-order valence-electron chi connectivity index (χ4n) is 2.96. The molecule has 3 aromatic rings. The van der Waals surface area contributed by atoms with Gasteiger partial charge in [-0.25, -0.2) is 8.42 Å². The van der Waals surface area contributed by atoms with Crippen LogP contribution in [0.15, 0.2) is 71.6 Å². The third-order valence-electron chi connectivity index (χ3n) is 4.47. The molecule has 8 nitrogen and oxygen atoms in total. The molecule has 0 fully saturated rings. The minimum absolute atomic E-state index is 0.0426. The lowest BCUT2D eigenvalue weighted by molar-refractivity contribution is 0.102. The Morgan fingerprint density at radius 2 is 1.61 bits per heavy atom. The second-order valence-electron chi connectivity index (χ2n) is 6.61. The smallest absolute Gasteiger partial charge is 0.261 e. The molecule has 1 heterocycles. The van der Waals surface area contributed by atoms with E-state index in [4.69, 9.17) is 14.2 Å². The normalized spacial score (nSPS) is 12.3. The highest BCUT2D eigenvalue weighted by atomic mass is 32.2. The molecule has 4 rings (SSSR count). The number of carbonyl (C=O) groups excluding carboxylic acids is 1. The van der Waals surface area contributed by atoms with Gasteiger partial charge in [0.25, 0.3) is 15.9 Å². The second-order valence-corrected chi connectivity index (χ2v) is 8.29. The summed E-state index contributed by atoms with van der Waals surface area (Å²) >= 11 is 0. The zero-order valence-electron chi connectivity index (χ0n) is 16.6. The molecule has 2 N–H and O–H groups in total. The third-order valence-corrected chi connectivity index (χ3v) is 5.87. The van der Waals surface area contributed by atoms with Crippen LogP contribution in [-0.4, -0.2) is 27.7 Å². The number of anilines is 2. The first-order valence-corrected chi connectivity index (χ1v) is 11.0. The summed E-state index contributed by atoms with van der Waals surface area (Å²) in [6.45, 7) is 2.54. The van der Waals surface area contributed by atoms with E-state index in [1.165, 1.54) is 24.3 Å². The number of hydrogen-bond acceptors (Lipinski definition) is 6. The van der Waals surface area contributed by atoms with E-state index in [9.17, 15) is 13.2 Å². The van der Waals surface area contributed by atoms with Gasteiger partial charge in [-0.1, -0.05) is 0 Å². The van der Waals surface area contributed by atoms with Crippen molar-refractivity contribution in [1.29, 1.82) is 0 Å². The fourth-order valence-corrected chi connectivity index (χ4v) is 4.02. The number of amides is 1. The van der Waals surface area contributed by atoms with Gasteiger partial charge in [0.15, 0.2) is 11.5 Å². The number of carbonyl (C=O) groups is 1. The lowest BCUT2D eigenvalue weighted by Gasteiger charge is -2.10.